The van der Waals surface area contributed by atoms with Crippen LogP contribution in [0.1, 0.15) is 30.1 Å². The molecule has 0 radical (unpaired) electrons. The molecule has 2 aromatic rings. The van der Waals surface area contributed by atoms with E-state index in [1.807, 2.05) is 35.2 Å². The lowest BCUT2D eigenvalue weighted by atomic mass is 9.98. The van der Waals surface area contributed by atoms with Crippen molar-refractivity contribution in [2.24, 2.45) is 5.92 Å². The summed E-state index contributed by atoms with van der Waals surface area (Å²) in [6, 6.07) is 14.4. The number of piperidine rings is 1. The van der Waals surface area contributed by atoms with Gasteiger partial charge in [0.1, 0.15) is 0 Å². The Balaban J connectivity index is 1.56. The third-order valence-electron chi connectivity index (χ3n) is 4.78. The maximum Gasteiger partial charge on any atom is 0.253 e. The number of amides is 2. The molecule has 2 aromatic carbocycles. The van der Waals surface area contributed by atoms with Crippen molar-refractivity contribution >= 4 is 34.8 Å². The molecule has 27 heavy (non-hydrogen) atoms. The molecule has 2 amide bonds. The summed E-state index contributed by atoms with van der Waals surface area (Å²) >= 11 is 6.05. The highest BCUT2D eigenvalue weighted by molar-refractivity contribution is 6.33. The van der Waals surface area contributed by atoms with E-state index in [1.54, 1.807) is 18.2 Å². The molecule has 1 saturated heterocycles. The third kappa shape index (κ3) is 5.23. The minimum absolute atomic E-state index is 0.0473. The standard InChI is InChI=1S/C21H24ClN3O2/c1-15-9-11-25(12-10-15)21(27)16-5-4-6-17(13-16)23-14-20(26)24-19-8-3-2-7-18(19)22/h2-8,13,15,23H,9-12,14H2,1H3,(H,24,26). The lowest BCUT2D eigenvalue weighted by Crippen LogP contribution is -2.37. The molecule has 6 heteroatoms. The minimum Gasteiger partial charge on any atom is -0.376 e. The van der Waals surface area contributed by atoms with Gasteiger partial charge in [-0.25, -0.2) is 0 Å². The largest absolute Gasteiger partial charge is 0.376 e. The number of benzene rings is 2. The Kier molecular flexibility index (Phi) is 6.35. The van der Waals surface area contributed by atoms with E-state index < -0.39 is 0 Å². The molecule has 0 bridgehead atoms. The van der Waals surface area contributed by atoms with Crippen molar-refractivity contribution < 1.29 is 9.59 Å². The summed E-state index contributed by atoms with van der Waals surface area (Å²) in [4.78, 5) is 26.7. The van der Waals surface area contributed by atoms with Crippen LogP contribution in [0.2, 0.25) is 5.02 Å². The fourth-order valence-electron chi connectivity index (χ4n) is 3.10. The van der Waals surface area contributed by atoms with Crippen LogP contribution in [-0.2, 0) is 4.79 Å². The van der Waals surface area contributed by atoms with Crippen LogP contribution in [0, 0.1) is 5.92 Å². The lowest BCUT2D eigenvalue weighted by Gasteiger charge is -2.30. The topological polar surface area (TPSA) is 61.4 Å². The third-order valence-corrected chi connectivity index (χ3v) is 5.11. The zero-order valence-corrected chi connectivity index (χ0v) is 16.1. The number of hydrogen-bond donors (Lipinski definition) is 2. The number of halogens is 1. The van der Waals surface area contributed by atoms with Gasteiger partial charge in [-0.05, 0) is 49.1 Å². The number of para-hydroxylation sites is 1. The number of likely N-dealkylation sites (tertiary alicyclic amines) is 1. The van der Waals surface area contributed by atoms with Gasteiger partial charge >= 0.3 is 0 Å². The number of nitrogens with one attached hydrogen (secondary N) is 2. The van der Waals surface area contributed by atoms with Gasteiger partial charge in [0.25, 0.3) is 5.91 Å². The predicted octanol–water partition coefficient (Wildman–Crippen LogP) is 4.26. The van der Waals surface area contributed by atoms with Crippen LogP contribution in [0.25, 0.3) is 0 Å². The average Bonchev–Trinajstić information content (AvgIpc) is 2.68. The summed E-state index contributed by atoms with van der Waals surface area (Å²) in [5.41, 5.74) is 1.95. The highest BCUT2D eigenvalue weighted by atomic mass is 35.5. The minimum atomic E-state index is -0.204. The zero-order valence-electron chi connectivity index (χ0n) is 15.4. The van der Waals surface area contributed by atoms with Gasteiger partial charge in [0.15, 0.2) is 0 Å². The summed E-state index contributed by atoms with van der Waals surface area (Å²) in [6.07, 6.45) is 2.10. The molecular formula is C21H24ClN3O2. The molecule has 2 N–H and O–H groups in total. The second kappa shape index (κ2) is 8.91. The Morgan fingerprint density at radius 1 is 1.11 bits per heavy atom. The first-order valence-electron chi connectivity index (χ1n) is 9.20. The van der Waals surface area contributed by atoms with Crippen molar-refractivity contribution in [3.05, 3.63) is 59.1 Å². The van der Waals surface area contributed by atoms with Gasteiger partial charge < -0.3 is 15.5 Å². The monoisotopic (exact) mass is 385 g/mol. The van der Waals surface area contributed by atoms with Crippen LogP contribution in [0.5, 0.6) is 0 Å². The molecule has 0 spiro atoms. The van der Waals surface area contributed by atoms with Crippen molar-refractivity contribution in [1.82, 2.24) is 4.90 Å². The van der Waals surface area contributed by atoms with E-state index >= 15 is 0 Å². The van der Waals surface area contributed by atoms with E-state index in [0.717, 1.165) is 31.6 Å². The van der Waals surface area contributed by atoms with E-state index in [2.05, 4.69) is 17.6 Å². The Labute approximate surface area is 164 Å². The van der Waals surface area contributed by atoms with Crippen molar-refractivity contribution in [2.45, 2.75) is 19.8 Å². The number of anilines is 2. The summed E-state index contributed by atoms with van der Waals surface area (Å²) in [5, 5.41) is 6.32. The molecule has 1 fully saturated rings. The molecule has 1 aliphatic heterocycles. The van der Waals surface area contributed by atoms with Gasteiger partial charge in [0.2, 0.25) is 5.91 Å². The maximum atomic E-state index is 12.7. The molecule has 0 aromatic heterocycles. The normalized spacial score (nSPS) is 14.7. The average molecular weight is 386 g/mol. The first-order valence-corrected chi connectivity index (χ1v) is 9.58. The molecule has 1 aliphatic rings. The fourth-order valence-corrected chi connectivity index (χ4v) is 3.28. The van der Waals surface area contributed by atoms with Crippen LogP contribution in [-0.4, -0.2) is 36.3 Å². The molecule has 3 rings (SSSR count). The van der Waals surface area contributed by atoms with E-state index in [9.17, 15) is 9.59 Å². The molecule has 0 aliphatic carbocycles. The van der Waals surface area contributed by atoms with E-state index in [4.69, 9.17) is 11.6 Å². The Hall–Kier alpha value is -2.53. The van der Waals surface area contributed by atoms with Gasteiger partial charge in [-0.3, -0.25) is 9.59 Å². The number of rotatable bonds is 5. The Morgan fingerprint density at radius 2 is 1.85 bits per heavy atom. The summed E-state index contributed by atoms with van der Waals surface area (Å²) in [6.45, 7) is 3.92. The molecule has 5 nitrogen and oxygen atoms in total. The number of nitrogens with zero attached hydrogens (tertiary/aromatic N) is 1. The maximum absolute atomic E-state index is 12.7. The highest BCUT2D eigenvalue weighted by Crippen LogP contribution is 2.21. The quantitative estimate of drug-likeness (QED) is 0.808. The molecule has 1 heterocycles. The van der Waals surface area contributed by atoms with Crippen LogP contribution < -0.4 is 10.6 Å². The smallest absolute Gasteiger partial charge is 0.253 e. The van der Waals surface area contributed by atoms with E-state index in [-0.39, 0.29) is 18.4 Å². The van der Waals surface area contributed by atoms with Gasteiger partial charge in [-0.2, -0.15) is 0 Å². The number of carbonyl (C=O) groups excluding carboxylic acids is 2. The lowest BCUT2D eigenvalue weighted by molar-refractivity contribution is -0.114. The van der Waals surface area contributed by atoms with E-state index in [1.165, 1.54) is 0 Å². The summed E-state index contributed by atoms with van der Waals surface area (Å²) < 4.78 is 0. The van der Waals surface area contributed by atoms with Crippen LogP contribution in [0.3, 0.4) is 0 Å². The second-order valence-electron chi connectivity index (χ2n) is 6.94. The Morgan fingerprint density at radius 3 is 2.59 bits per heavy atom. The molecule has 0 unspecified atom stereocenters. The highest BCUT2D eigenvalue weighted by Gasteiger charge is 2.21. The van der Waals surface area contributed by atoms with Crippen molar-refractivity contribution in [2.75, 3.05) is 30.3 Å². The molecule has 0 saturated carbocycles. The summed E-state index contributed by atoms with van der Waals surface area (Å²) in [7, 11) is 0. The SMILES string of the molecule is CC1CCN(C(=O)c2cccc(NCC(=O)Nc3ccccc3Cl)c2)CC1. The first kappa shape index (κ1) is 19.2. The Bertz CT molecular complexity index is 817. The predicted molar refractivity (Wildman–Crippen MR) is 109 cm³/mol. The first-order chi connectivity index (χ1) is 13.0. The van der Waals surface area contributed by atoms with Gasteiger partial charge in [0, 0.05) is 24.3 Å². The van der Waals surface area contributed by atoms with Gasteiger partial charge in [-0.15, -0.1) is 0 Å². The van der Waals surface area contributed by atoms with Crippen LogP contribution in [0.15, 0.2) is 48.5 Å². The van der Waals surface area contributed by atoms with E-state index in [0.29, 0.717) is 22.2 Å². The zero-order chi connectivity index (χ0) is 19.2. The van der Waals surface area contributed by atoms with Gasteiger partial charge in [-0.1, -0.05) is 36.7 Å². The summed E-state index contributed by atoms with van der Waals surface area (Å²) in [5.74, 6) is 0.523. The van der Waals surface area contributed by atoms with Crippen molar-refractivity contribution in [3.63, 3.8) is 0 Å². The molecular weight excluding hydrogens is 362 g/mol. The van der Waals surface area contributed by atoms with Crippen LogP contribution in [0.4, 0.5) is 11.4 Å². The fraction of sp³-hybridized carbons (Fsp3) is 0.333. The molecule has 0 atom stereocenters. The number of hydrogen-bond acceptors (Lipinski definition) is 3. The van der Waals surface area contributed by atoms with Crippen molar-refractivity contribution in [3.8, 4) is 0 Å². The van der Waals surface area contributed by atoms with Gasteiger partial charge in [0.05, 0.1) is 17.3 Å². The van der Waals surface area contributed by atoms with Crippen LogP contribution >= 0.6 is 11.6 Å². The second-order valence-corrected chi connectivity index (χ2v) is 7.34. The number of carbonyl (C=O) groups is 2. The van der Waals surface area contributed by atoms with Crippen molar-refractivity contribution in [1.29, 1.82) is 0 Å². The molecule has 142 valence electrons.